The van der Waals surface area contributed by atoms with E-state index in [9.17, 15) is 14.4 Å². The molecule has 2 saturated heterocycles. The van der Waals surface area contributed by atoms with Crippen LogP contribution in [0.1, 0.15) is 25.3 Å². The molecule has 2 aliphatic heterocycles. The molecule has 208 valence electrons. The fourth-order valence-electron chi connectivity index (χ4n) is 5.74. The highest BCUT2D eigenvalue weighted by atomic mass is 79.9. The van der Waals surface area contributed by atoms with Gasteiger partial charge in [-0.15, -0.1) is 0 Å². The van der Waals surface area contributed by atoms with Crippen molar-refractivity contribution in [1.29, 1.82) is 0 Å². The number of fused-ring (bicyclic) bond motifs is 2. The summed E-state index contributed by atoms with van der Waals surface area (Å²) in [5.41, 5.74) is 2.39. The lowest BCUT2D eigenvalue weighted by atomic mass is 10.0. The summed E-state index contributed by atoms with van der Waals surface area (Å²) in [5.74, 6) is -0.490. The fourth-order valence-corrected chi connectivity index (χ4v) is 6.00. The van der Waals surface area contributed by atoms with E-state index >= 15 is 0 Å². The highest BCUT2D eigenvalue weighted by Crippen LogP contribution is 2.38. The molecule has 40 heavy (non-hydrogen) atoms. The predicted octanol–water partition coefficient (Wildman–Crippen LogP) is 6.04. The second-order valence-corrected chi connectivity index (χ2v) is 11.0. The molecule has 5 rings (SSSR count). The minimum absolute atomic E-state index is 0.153. The lowest BCUT2D eigenvalue weighted by Crippen LogP contribution is -2.67. The van der Waals surface area contributed by atoms with Crippen molar-refractivity contribution in [1.82, 2.24) is 14.7 Å². The van der Waals surface area contributed by atoms with E-state index in [0.29, 0.717) is 30.8 Å². The van der Waals surface area contributed by atoms with Crippen molar-refractivity contribution < 1.29 is 19.1 Å². The van der Waals surface area contributed by atoms with Gasteiger partial charge in [-0.2, -0.15) is 0 Å². The first-order valence-electron chi connectivity index (χ1n) is 13.5. The number of carbonyl (C=O) groups excluding carboxylic acids is 3. The van der Waals surface area contributed by atoms with Crippen molar-refractivity contribution >= 4 is 45.3 Å². The molecule has 2 heterocycles. The second-order valence-electron chi connectivity index (χ2n) is 10.1. The fraction of sp³-hybridized carbons (Fsp3) is 0.323. The smallest absolute Gasteiger partial charge is 0.331 e. The zero-order valence-electron chi connectivity index (χ0n) is 22.7. The Morgan fingerprint density at radius 1 is 0.875 bits per heavy atom. The highest BCUT2D eigenvalue weighted by Gasteiger charge is 2.54. The van der Waals surface area contributed by atoms with Gasteiger partial charge in [0.2, 0.25) is 0 Å². The molecule has 2 bridgehead atoms. The molecule has 0 saturated carbocycles. The molecule has 0 radical (unpaired) electrons. The van der Waals surface area contributed by atoms with E-state index in [1.54, 1.807) is 33.6 Å². The van der Waals surface area contributed by atoms with Crippen molar-refractivity contribution in [2.75, 3.05) is 25.1 Å². The van der Waals surface area contributed by atoms with E-state index in [2.05, 4.69) is 15.9 Å². The Morgan fingerprint density at radius 2 is 1.48 bits per heavy atom. The Kier molecular flexibility index (Phi) is 8.40. The van der Waals surface area contributed by atoms with E-state index < -0.39 is 18.1 Å². The number of anilines is 2. The molecule has 3 aromatic carbocycles. The Bertz CT molecular complexity index is 1300. The summed E-state index contributed by atoms with van der Waals surface area (Å²) >= 11 is 3.45. The maximum Gasteiger partial charge on any atom is 0.331 e. The molecule has 2 fully saturated rings. The van der Waals surface area contributed by atoms with Gasteiger partial charge in [-0.05, 0) is 61.7 Å². The van der Waals surface area contributed by atoms with Crippen LogP contribution in [-0.2, 0) is 16.1 Å². The van der Waals surface area contributed by atoms with Crippen molar-refractivity contribution in [3.8, 4) is 0 Å². The number of amides is 4. The number of likely N-dealkylation sites (tertiary alicyclic amines) is 1. The third-order valence-electron chi connectivity index (χ3n) is 7.53. The van der Waals surface area contributed by atoms with Gasteiger partial charge < -0.3 is 19.4 Å². The number of rotatable bonds is 6. The minimum atomic E-state index is -0.911. The molecular weight excluding hydrogens is 572 g/mol. The molecule has 4 amide bonds. The molecule has 0 aromatic heterocycles. The van der Waals surface area contributed by atoms with Gasteiger partial charge in [0.25, 0.3) is 0 Å². The summed E-state index contributed by atoms with van der Waals surface area (Å²) in [4.78, 5) is 48.3. The third-order valence-corrected chi connectivity index (χ3v) is 8.06. The lowest BCUT2D eigenvalue weighted by Gasteiger charge is -2.47. The van der Waals surface area contributed by atoms with E-state index in [1.807, 2.05) is 84.9 Å². The van der Waals surface area contributed by atoms with Gasteiger partial charge in [-0.1, -0.05) is 64.5 Å². The number of halogens is 1. The summed E-state index contributed by atoms with van der Waals surface area (Å²) < 4.78 is 6.47. The Hall–Kier alpha value is -3.85. The van der Waals surface area contributed by atoms with Crippen LogP contribution >= 0.6 is 15.9 Å². The number of piperazine rings is 1. The number of hydrogen-bond acceptors (Lipinski definition) is 4. The van der Waals surface area contributed by atoms with Crippen LogP contribution in [0, 0.1) is 0 Å². The Balaban J connectivity index is 1.45. The monoisotopic (exact) mass is 604 g/mol. The van der Waals surface area contributed by atoms with Crippen molar-refractivity contribution in [2.24, 2.45) is 0 Å². The average Bonchev–Trinajstić information content (AvgIpc) is 3.27. The molecule has 0 aliphatic carbocycles. The molecule has 0 N–H and O–H groups in total. The van der Waals surface area contributed by atoms with Crippen molar-refractivity contribution in [3.05, 3.63) is 95.0 Å². The number of ether oxygens (including phenoxy) is 1. The topological polar surface area (TPSA) is 73.4 Å². The van der Waals surface area contributed by atoms with Crippen LogP contribution in [0.25, 0.3) is 0 Å². The number of para-hydroxylation sites is 2. The van der Waals surface area contributed by atoms with E-state index in [1.165, 1.54) is 0 Å². The molecule has 9 heteroatoms. The lowest BCUT2D eigenvalue weighted by molar-refractivity contribution is -0.152. The first kappa shape index (κ1) is 27.7. The average molecular weight is 606 g/mol. The summed E-state index contributed by atoms with van der Waals surface area (Å²) in [6.45, 7) is 2.61. The highest BCUT2D eigenvalue weighted by molar-refractivity contribution is 9.10. The van der Waals surface area contributed by atoms with Gasteiger partial charge in [-0.25, -0.2) is 14.4 Å². The van der Waals surface area contributed by atoms with E-state index in [4.69, 9.17) is 4.74 Å². The zero-order valence-corrected chi connectivity index (χ0v) is 24.2. The van der Waals surface area contributed by atoms with Gasteiger partial charge in [0.05, 0.1) is 30.1 Å². The number of urea groups is 2. The molecular formula is C31H33BrN4O4. The standard InChI is InChI=1S/C31H33BrN4O4/c1-3-40-29(37)28-27-19-18-26(36(27)30(38)33(2)20-22-14-16-23(32)17-15-22)21-34(28)31(39)35(24-10-6-4-7-11-24)25-12-8-5-9-13-25/h4-17,26-28H,3,18-21H2,1-2H3/t26-,27+,28+/m0/s1. The number of carbonyl (C=O) groups is 3. The van der Waals surface area contributed by atoms with Crippen LogP contribution < -0.4 is 4.90 Å². The normalized spacial score (nSPS) is 19.7. The van der Waals surface area contributed by atoms with E-state index in [0.717, 1.165) is 10.0 Å². The number of nitrogens with zero attached hydrogens (tertiary/aromatic N) is 4. The van der Waals surface area contributed by atoms with Gasteiger partial charge in [0.15, 0.2) is 6.04 Å². The number of esters is 1. The zero-order chi connectivity index (χ0) is 28.2. The van der Waals surface area contributed by atoms with Gasteiger partial charge in [0.1, 0.15) is 0 Å². The maximum absolute atomic E-state index is 14.3. The minimum Gasteiger partial charge on any atom is -0.464 e. The predicted molar refractivity (Wildman–Crippen MR) is 157 cm³/mol. The summed E-state index contributed by atoms with van der Waals surface area (Å²) in [6, 6.07) is 24.6. The number of hydrogen-bond donors (Lipinski definition) is 0. The van der Waals surface area contributed by atoms with Gasteiger partial charge in [0, 0.05) is 24.6 Å². The molecule has 8 nitrogen and oxygen atoms in total. The van der Waals surface area contributed by atoms with Crippen LogP contribution in [0.3, 0.4) is 0 Å². The summed E-state index contributed by atoms with van der Waals surface area (Å²) in [6.07, 6.45) is 1.32. The first-order valence-corrected chi connectivity index (χ1v) is 14.3. The Labute approximate surface area is 243 Å². The largest absolute Gasteiger partial charge is 0.464 e. The Morgan fingerprint density at radius 3 is 2.05 bits per heavy atom. The quantitative estimate of drug-likeness (QED) is 0.322. The number of benzene rings is 3. The third kappa shape index (κ3) is 5.56. The van der Waals surface area contributed by atoms with E-state index in [-0.39, 0.29) is 31.3 Å². The van der Waals surface area contributed by atoms with Crippen molar-refractivity contribution in [3.63, 3.8) is 0 Å². The van der Waals surface area contributed by atoms with Crippen LogP contribution in [0.4, 0.5) is 21.0 Å². The van der Waals surface area contributed by atoms with Crippen LogP contribution in [-0.4, -0.2) is 71.1 Å². The molecule has 2 aliphatic rings. The van der Waals surface area contributed by atoms with Gasteiger partial charge in [-0.3, -0.25) is 4.90 Å². The molecule has 3 aromatic rings. The van der Waals surface area contributed by atoms with Crippen LogP contribution in [0.5, 0.6) is 0 Å². The molecule has 0 unspecified atom stereocenters. The van der Waals surface area contributed by atoms with Crippen LogP contribution in [0.15, 0.2) is 89.4 Å². The summed E-state index contributed by atoms with van der Waals surface area (Å²) in [7, 11) is 1.77. The SMILES string of the molecule is CCOC(=O)[C@H]1[C@H]2CC[C@@H](CN1C(=O)N(c1ccccc1)c1ccccc1)N2C(=O)N(C)Cc1ccc(Br)cc1. The molecule has 0 spiro atoms. The molecule has 3 atom stereocenters. The van der Waals surface area contributed by atoms with Gasteiger partial charge >= 0.3 is 18.0 Å². The van der Waals surface area contributed by atoms with Crippen molar-refractivity contribution in [2.45, 2.75) is 44.4 Å². The first-order chi connectivity index (χ1) is 19.4. The second kappa shape index (κ2) is 12.1. The summed E-state index contributed by atoms with van der Waals surface area (Å²) in [5, 5.41) is 0. The maximum atomic E-state index is 14.3. The van der Waals surface area contributed by atoms with Crippen LogP contribution in [0.2, 0.25) is 0 Å².